The Hall–Kier alpha value is -2.51. The topological polar surface area (TPSA) is 89.9 Å². The van der Waals surface area contributed by atoms with E-state index in [1.165, 1.54) is 12.1 Å². The first-order valence-electron chi connectivity index (χ1n) is 5.74. The molecular weight excluding hydrogens is 290 g/mol. The molecule has 114 valence electrons. The van der Waals surface area contributed by atoms with Gasteiger partial charge in [0.05, 0.1) is 7.11 Å². The molecule has 0 aliphatic heterocycles. The number of hydrogen-bond donors (Lipinski definition) is 1. The van der Waals surface area contributed by atoms with E-state index < -0.39 is 36.7 Å². The summed E-state index contributed by atoms with van der Waals surface area (Å²) in [6.45, 7) is -2.98. The molecule has 0 saturated heterocycles. The lowest BCUT2D eigenvalue weighted by molar-refractivity contribution is -0.156. The SMILES string of the molecule is COC(=O)C(CC(=O)c1ccc(OC(F)F)cc1)C(=O)O. The van der Waals surface area contributed by atoms with Crippen LogP contribution in [0.15, 0.2) is 24.3 Å². The molecule has 0 bridgehead atoms. The van der Waals surface area contributed by atoms with Crippen molar-refractivity contribution in [3.63, 3.8) is 0 Å². The summed E-state index contributed by atoms with van der Waals surface area (Å²) < 4.78 is 32.3. The molecule has 1 aromatic carbocycles. The molecule has 0 aromatic heterocycles. The van der Waals surface area contributed by atoms with Gasteiger partial charge in [0, 0.05) is 12.0 Å². The minimum atomic E-state index is -2.98. The molecule has 1 N–H and O–H groups in total. The fraction of sp³-hybridized carbons (Fsp3) is 0.308. The van der Waals surface area contributed by atoms with Crippen LogP contribution in [-0.2, 0) is 14.3 Å². The maximum Gasteiger partial charge on any atom is 0.387 e. The number of carbonyl (C=O) groups is 3. The molecular formula is C13H12F2O6. The fourth-order valence-corrected chi connectivity index (χ4v) is 1.54. The number of carboxylic acid groups (broad SMARTS) is 1. The van der Waals surface area contributed by atoms with Gasteiger partial charge in [-0.25, -0.2) is 0 Å². The van der Waals surface area contributed by atoms with Gasteiger partial charge in [0.1, 0.15) is 5.75 Å². The van der Waals surface area contributed by atoms with E-state index >= 15 is 0 Å². The van der Waals surface area contributed by atoms with E-state index in [0.29, 0.717) is 0 Å². The standard InChI is InChI=1S/C13H12F2O6/c1-20-12(19)9(11(17)18)6-10(16)7-2-4-8(5-3-7)21-13(14)15/h2-5,9,13H,6H2,1H3,(H,17,18). The second-order valence-corrected chi connectivity index (χ2v) is 3.94. The smallest absolute Gasteiger partial charge is 0.387 e. The first-order chi connectivity index (χ1) is 9.85. The average Bonchev–Trinajstić information content (AvgIpc) is 2.43. The van der Waals surface area contributed by atoms with E-state index in [1.807, 2.05) is 0 Å². The number of alkyl halides is 2. The maximum atomic E-state index is 12.0. The summed E-state index contributed by atoms with van der Waals surface area (Å²) in [5, 5.41) is 8.86. The number of methoxy groups -OCH3 is 1. The summed E-state index contributed by atoms with van der Waals surface area (Å²) in [6, 6.07) is 4.70. The van der Waals surface area contributed by atoms with E-state index in [9.17, 15) is 23.2 Å². The van der Waals surface area contributed by atoms with Gasteiger partial charge in [0.15, 0.2) is 11.7 Å². The van der Waals surface area contributed by atoms with Gasteiger partial charge >= 0.3 is 18.6 Å². The first-order valence-corrected chi connectivity index (χ1v) is 5.74. The second kappa shape index (κ2) is 7.32. The molecule has 21 heavy (non-hydrogen) atoms. The van der Waals surface area contributed by atoms with E-state index in [2.05, 4.69) is 9.47 Å². The molecule has 0 fully saturated rings. The Bertz CT molecular complexity index is 526. The molecule has 1 unspecified atom stereocenters. The van der Waals surface area contributed by atoms with Crippen molar-refractivity contribution < 1.29 is 37.7 Å². The van der Waals surface area contributed by atoms with Crippen molar-refractivity contribution in [3.8, 4) is 5.75 Å². The van der Waals surface area contributed by atoms with Gasteiger partial charge in [0.25, 0.3) is 0 Å². The van der Waals surface area contributed by atoms with E-state index in [4.69, 9.17) is 5.11 Å². The third-order valence-corrected chi connectivity index (χ3v) is 2.57. The Labute approximate surface area is 118 Å². The zero-order chi connectivity index (χ0) is 16.0. The number of ether oxygens (including phenoxy) is 2. The molecule has 1 atom stereocenters. The molecule has 0 radical (unpaired) electrons. The van der Waals surface area contributed by atoms with E-state index in [-0.39, 0.29) is 11.3 Å². The summed E-state index contributed by atoms with van der Waals surface area (Å²) in [6.07, 6.45) is -0.586. The van der Waals surface area contributed by atoms with Gasteiger partial charge < -0.3 is 14.6 Å². The zero-order valence-corrected chi connectivity index (χ0v) is 10.9. The van der Waals surface area contributed by atoms with E-state index in [1.54, 1.807) is 0 Å². The summed E-state index contributed by atoms with van der Waals surface area (Å²) in [5.41, 5.74) is 0.0757. The summed E-state index contributed by atoms with van der Waals surface area (Å²) in [4.78, 5) is 34.0. The quantitative estimate of drug-likeness (QED) is 0.469. The normalized spacial score (nSPS) is 11.8. The molecule has 1 rings (SSSR count). The number of halogens is 2. The lowest BCUT2D eigenvalue weighted by atomic mass is 9.98. The largest absolute Gasteiger partial charge is 0.481 e. The van der Waals surface area contributed by atoms with Crippen LogP contribution in [0.2, 0.25) is 0 Å². The molecule has 0 heterocycles. The van der Waals surface area contributed by atoms with Gasteiger partial charge in [-0.3, -0.25) is 14.4 Å². The minimum absolute atomic E-state index is 0.0757. The number of aliphatic carboxylic acids is 1. The number of carboxylic acids is 1. The van der Waals surface area contributed by atoms with Gasteiger partial charge in [0.2, 0.25) is 0 Å². The number of ketones is 1. The molecule has 0 aliphatic rings. The van der Waals surface area contributed by atoms with Crippen LogP contribution in [0.25, 0.3) is 0 Å². The molecule has 0 saturated carbocycles. The summed E-state index contributed by atoms with van der Waals surface area (Å²) in [5.74, 6) is -4.89. The Morgan fingerprint density at radius 2 is 1.76 bits per heavy atom. The summed E-state index contributed by atoms with van der Waals surface area (Å²) >= 11 is 0. The highest BCUT2D eigenvalue weighted by atomic mass is 19.3. The van der Waals surface area contributed by atoms with Gasteiger partial charge in [-0.1, -0.05) is 0 Å². The number of benzene rings is 1. The van der Waals surface area contributed by atoms with Crippen LogP contribution >= 0.6 is 0 Å². The van der Waals surface area contributed by atoms with Gasteiger partial charge in [-0.05, 0) is 24.3 Å². The van der Waals surface area contributed by atoms with Gasteiger partial charge in [-0.15, -0.1) is 0 Å². The van der Waals surface area contributed by atoms with Crippen molar-refractivity contribution in [2.45, 2.75) is 13.0 Å². The lowest BCUT2D eigenvalue weighted by Crippen LogP contribution is -2.27. The monoisotopic (exact) mass is 302 g/mol. The molecule has 6 nitrogen and oxygen atoms in total. The van der Waals surface area contributed by atoms with Crippen LogP contribution in [0.4, 0.5) is 8.78 Å². The fourth-order valence-electron chi connectivity index (χ4n) is 1.54. The average molecular weight is 302 g/mol. The zero-order valence-electron chi connectivity index (χ0n) is 10.9. The highest BCUT2D eigenvalue weighted by Gasteiger charge is 2.30. The van der Waals surface area contributed by atoms with Crippen molar-refractivity contribution in [1.82, 2.24) is 0 Å². The van der Waals surface area contributed by atoms with Crippen LogP contribution in [0.3, 0.4) is 0 Å². The molecule has 1 aromatic rings. The Balaban J connectivity index is 2.78. The van der Waals surface area contributed by atoms with Crippen molar-refractivity contribution in [2.75, 3.05) is 7.11 Å². The number of rotatable bonds is 7. The first kappa shape index (κ1) is 16.5. The second-order valence-electron chi connectivity index (χ2n) is 3.94. The third kappa shape index (κ3) is 4.83. The van der Waals surface area contributed by atoms with Crippen LogP contribution in [0.5, 0.6) is 5.75 Å². The Morgan fingerprint density at radius 1 is 1.19 bits per heavy atom. The van der Waals surface area contributed by atoms with E-state index in [0.717, 1.165) is 19.2 Å². The van der Waals surface area contributed by atoms with Crippen LogP contribution < -0.4 is 4.74 Å². The minimum Gasteiger partial charge on any atom is -0.481 e. The maximum absolute atomic E-state index is 12.0. The predicted octanol–water partition coefficient (Wildman–Crippen LogP) is 1.73. The van der Waals surface area contributed by atoms with Crippen molar-refractivity contribution in [2.24, 2.45) is 5.92 Å². The molecule has 0 aliphatic carbocycles. The van der Waals surface area contributed by atoms with Crippen LogP contribution in [0.1, 0.15) is 16.8 Å². The van der Waals surface area contributed by atoms with Crippen molar-refractivity contribution in [1.29, 1.82) is 0 Å². The number of esters is 1. The summed E-state index contributed by atoms with van der Waals surface area (Å²) in [7, 11) is 1.01. The van der Waals surface area contributed by atoms with Crippen LogP contribution in [-0.4, -0.2) is 36.5 Å². The van der Waals surface area contributed by atoms with Crippen molar-refractivity contribution in [3.05, 3.63) is 29.8 Å². The molecule has 0 spiro atoms. The lowest BCUT2D eigenvalue weighted by Gasteiger charge is -2.09. The predicted molar refractivity (Wildman–Crippen MR) is 65.2 cm³/mol. The van der Waals surface area contributed by atoms with Crippen LogP contribution in [0, 0.1) is 5.92 Å². The highest BCUT2D eigenvalue weighted by Crippen LogP contribution is 2.18. The Morgan fingerprint density at radius 3 is 2.19 bits per heavy atom. The molecule has 0 amide bonds. The number of Topliss-reactive ketones (excluding diaryl/α,β-unsaturated/α-hetero) is 1. The number of carbonyl (C=O) groups excluding carboxylic acids is 2. The van der Waals surface area contributed by atoms with Gasteiger partial charge in [-0.2, -0.15) is 8.78 Å². The Kier molecular flexibility index (Phi) is 5.77. The number of hydrogen-bond acceptors (Lipinski definition) is 5. The molecule has 8 heteroatoms. The highest BCUT2D eigenvalue weighted by molar-refractivity contribution is 6.03. The van der Waals surface area contributed by atoms with Crippen molar-refractivity contribution >= 4 is 17.7 Å². The third-order valence-electron chi connectivity index (χ3n) is 2.57.